The van der Waals surface area contributed by atoms with Crippen LogP contribution in [0.5, 0.6) is 0 Å². The fourth-order valence-corrected chi connectivity index (χ4v) is 2.44. The molecule has 1 fully saturated rings. The molecular weight excluding hydrogens is 259 g/mol. The molecule has 0 aromatic heterocycles. The molecule has 0 saturated carbocycles. The average molecular weight is 273 g/mol. The van der Waals surface area contributed by atoms with Crippen LogP contribution in [0.3, 0.4) is 0 Å². The molecular formula is C12H14Cl2N2O. The van der Waals surface area contributed by atoms with Gasteiger partial charge < -0.3 is 10.6 Å². The van der Waals surface area contributed by atoms with Gasteiger partial charge in [-0.2, -0.15) is 0 Å². The van der Waals surface area contributed by atoms with Gasteiger partial charge in [-0.15, -0.1) is 0 Å². The number of anilines is 1. The molecule has 0 aliphatic carbocycles. The number of carbonyl (C=O) groups is 1. The zero-order chi connectivity index (χ0) is 12.3. The van der Waals surface area contributed by atoms with Gasteiger partial charge in [-0.1, -0.05) is 23.2 Å². The Morgan fingerprint density at radius 3 is 2.59 bits per heavy atom. The molecule has 2 rings (SSSR count). The van der Waals surface area contributed by atoms with E-state index in [1.165, 1.54) is 0 Å². The normalized spacial score (nSPS) is 20.6. The molecule has 1 aliphatic heterocycles. The Bertz CT molecular complexity index is 403. The molecule has 0 spiro atoms. The van der Waals surface area contributed by atoms with E-state index in [9.17, 15) is 4.79 Å². The number of halogens is 2. The van der Waals surface area contributed by atoms with E-state index in [1.54, 1.807) is 18.2 Å². The molecule has 3 nitrogen and oxygen atoms in total. The lowest BCUT2D eigenvalue weighted by atomic mass is 10.1. The van der Waals surface area contributed by atoms with Crippen molar-refractivity contribution in [1.29, 1.82) is 0 Å². The summed E-state index contributed by atoms with van der Waals surface area (Å²) in [7, 11) is 0. The zero-order valence-corrected chi connectivity index (χ0v) is 10.8. The van der Waals surface area contributed by atoms with Crippen LogP contribution in [0.25, 0.3) is 0 Å². The number of hydrogen-bond acceptors (Lipinski definition) is 2. The van der Waals surface area contributed by atoms with Gasteiger partial charge >= 0.3 is 0 Å². The Kier molecular flexibility index (Phi) is 4.13. The first-order valence-corrected chi connectivity index (χ1v) is 6.41. The number of hydrogen-bond donors (Lipinski definition) is 2. The summed E-state index contributed by atoms with van der Waals surface area (Å²) in [6, 6.07) is 5.01. The minimum atomic E-state index is -0.202. The van der Waals surface area contributed by atoms with Crippen LogP contribution in [0.4, 0.5) is 5.69 Å². The molecule has 0 bridgehead atoms. The van der Waals surface area contributed by atoms with Crippen LogP contribution in [-0.2, 0) is 4.79 Å². The van der Waals surface area contributed by atoms with E-state index < -0.39 is 0 Å². The predicted molar refractivity (Wildman–Crippen MR) is 70.7 cm³/mol. The SMILES string of the molecule is O=C1NCCCCC1Nc1cc(Cl)cc(Cl)c1. The van der Waals surface area contributed by atoms with Crippen molar-refractivity contribution in [2.24, 2.45) is 0 Å². The van der Waals surface area contributed by atoms with E-state index in [-0.39, 0.29) is 11.9 Å². The summed E-state index contributed by atoms with van der Waals surface area (Å²) in [5.74, 6) is 0.0404. The molecule has 1 saturated heterocycles. The van der Waals surface area contributed by atoms with Gasteiger partial charge in [-0.3, -0.25) is 4.79 Å². The van der Waals surface area contributed by atoms with Crippen LogP contribution in [0.2, 0.25) is 10.0 Å². The fraction of sp³-hybridized carbons (Fsp3) is 0.417. The summed E-state index contributed by atoms with van der Waals surface area (Å²) in [6.45, 7) is 0.757. The van der Waals surface area contributed by atoms with Crippen LogP contribution in [0.1, 0.15) is 19.3 Å². The Balaban J connectivity index is 2.10. The summed E-state index contributed by atoms with van der Waals surface area (Å²) < 4.78 is 0. The van der Waals surface area contributed by atoms with E-state index in [2.05, 4.69) is 10.6 Å². The molecule has 17 heavy (non-hydrogen) atoms. The third kappa shape index (κ3) is 3.51. The summed E-state index contributed by atoms with van der Waals surface area (Å²) >= 11 is 11.8. The topological polar surface area (TPSA) is 41.1 Å². The smallest absolute Gasteiger partial charge is 0.242 e. The van der Waals surface area contributed by atoms with Crippen molar-refractivity contribution in [2.45, 2.75) is 25.3 Å². The standard InChI is InChI=1S/C12H14Cl2N2O/c13-8-5-9(14)7-10(6-8)16-11-3-1-2-4-15-12(11)17/h5-7,11,16H,1-4H2,(H,15,17). The Hall–Kier alpha value is -0.930. The monoisotopic (exact) mass is 272 g/mol. The highest BCUT2D eigenvalue weighted by atomic mass is 35.5. The first-order valence-electron chi connectivity index (χ1n) is 5.65. The molecule has 0 radical (unpaired) electrons. The number of nitrogens with one attached hydrogen (secondary N) is 2. The molecule has 1 amide bonds. The Morgan fingerprint density at radius 1 is 1.18 bits per heavy atom. The highest BCUT2D eigenvalue weighted by Gasteiger charge is 2.20. The van der Waals surface area contributed by atoms with E-state index in [0.717, 1.165) is 31.5 Å². The van der Waals surface area contributed by atoms with E-state index in [0.29, 0.717) is 10.0 Å². The third-order valence-corrected chi connectivity index (χ3v) is 3.18. The number of rotatable bonds is 2. The first kappa shape index (κ1) is 12.5. The molecule has 1 heterocycles. The minimum Gasteiger partial charge on any atom is -0.374 e. The van der Waals surface area contributed by atoms with Crippen LogP contribution in [0, 0.1) is 0 Å². The largest absolute Gasteiger partial charge is 0.374 e. The number of amides is 1. The maximum absolute atomic E-state index is 11.7. The quantitative estimate of drug-likeness (QED) is 0.869. The maximum Gasteiger partial charge on any atom is 0.242 e. The number of carbonyl (C=O) groups excluding carboxylic acids is 1. The Morgan fingerprint density at radius 2 is 1.88 bits per heavy atom. The predicted octanol–water partition coefficient (Wildman–Crippen LogP) is 3.07. The van der Waals surface area contributed by atoms with Gasteiger partial charge in [-0.25, -0.2) is 0 Å². The van der Waals surface area contributed by atoms with E-state index in [4.69, 9.17) is 23.2 Å². The van der Waals surface area contributed by atoms with Crippen LogP contribution >= 0.6 is 23.2 Å². The molecule has 92 valence electrons. The van der Waals surface area contributed by atoms with Crippen molar-refractivity contribution in [1.82, 2.24) is 5.32 Å². The second-order valence-corrected chi connectivity index (χ2v) is 5.01. The van der Waals surface area contributed by atoms with Crippen LogP contribution < -0.4 is 10.6 Å². The van der Waals surface area contributed by atoms with Crippen LogP contribution in [0.15, 0.2) is 18.2 Å². The summed E-state index contributed by atoms with van der Waals surface area (Å²) in [4.78, 5) is 11.7. The lowest BCUT2D eigenvalue weighted by molar-refractivity contribution is -0.121. The van der Waals surface area contributed by atoms with Gasteiger partial charge in [0.25, 0.3) is 0 Å². The molecule has 2 N–H and O–H groups in total. The molecule has 5 heteroatoms. The van der Waals surface area contributed by atoms with E-state index in [1.807, 2.05) is 0 Å². The minimum absolute atomic E-state index is 0.0404. The fourth-order valence-electron chi connectivity index (χ4n) is 1.92. The third-order valence-electron chi connectivity index (χ3n) is 2.74. The molecule has 1 unspecified atom stereocenters. The second kappa shape index (κ2) is 5.61. The van der Waals surface area contributed by atoms with Gasteiger partial charge in [-0.05, 0) is 37.5 Å². The lowest BCUT2D eigenvalue weighted by Gasteiger charge is -2.16. The van der Waals surface area contributed by atoms with Crippen molar-refractivity contribution in [3.63, 3.8) is 0 Å². The second-order valence-electron chi connectivity index (χ2n) is 4.14. The molecule has 1 aliphatic rings. The number of benzene rings is 1. The van der Waals surface area contributed by atoms with Crippen molar-refractivity contribution in [2.75, 3.05) is 11.9 Å². The highest BCUT2D eigenvalue weighted by molar-refractivity contribution is 6.35. The highest BCUT2D eigenvalue weighted by Crippen LogP contribution is 2.23. The molecule has 1 aromatic rings. The van der Waals surface area contributed by atoms with E-state index >= 15 is 0 Å². The van der Waals surface area contributed by atoms with Crippen molar-refractivity contribution >= 4 is 34.8 Å². The summed E-state index contributed by atoms with van der Waals surface area (Å²) in [6.07, 6.45) is 2.89. The van der Waals surface area contributed by atoms with Gasteiger partial charge in [0.05, 0.1) is 0 Å². The molecule has 1 atom stereocenters. The first-order chi connectivity index (χ1) is 8.15. The lowest BCUT2D eigenvalue weighted by Crippen LogP contribution is -2.37. The van der Waals surface area contributed by atoms with Gasteiger partial charge in [0, 0.05) is 22.3 Å². The Labute approximate surface area is 110 Å². The summed E-state index contributed by atoms with van der Waals surface area (Å²) in [5, 5.41) is 7.18. The average Bonchev–Trinajstić information content (AvgIpc) is 2.43. The van der Waals surface area contributed by atoms with Gasteiger partial charge in [0.1, 0.15) is 6.04 Å². The zero-order valence-electron chi connectivity index (χ0n) is 9.30. The molecule has 1 aromatic carbocycles. The van der Waals surface area contributed by atoms with Gasteiger partial charge in [0.2, 0.25) is 5.91 Å². The van der Waals surface area contributed by atoms with Crippen molar-refractivity contribution in [3.8, 4) is 0 Å². The maximum atomic E-state index is 11.7. The van der Waals surface area contributed by atoms with Crippen LogP contribution in [-0.4, -0.2) is 18.5 Å². The van der Waals surface area contributed by atoms with Crippen molar-refractivity contribution < 1.29 is 4.79 Å². The summed E-state index contributed by atoms with van der Waals surface area (Å²) in [5.41, 5.74) is 0.782. The van der Waals surface area contributed by atoms with Crippen molar-refractivity contribution in [3.05, 3.63) is 28.2 Å². The van der Waals surface area contributed by atoms with Gasteiger partial charge in [0.15, 0.2) is 0 Å².